The Labute approximate surface area is 198 Å². The van der Waals surface area contributed by atoms with Gasteiger partial charge in [-0.1, -0.05) is 6.07 Å². The van der Waals surface area contributed by atoms with E-state index in [2.05, 4.69) is 31.7 Å². The third-order valence-corrected chi connectivity index (χ3v) is 7.39. The molecule has 2 aliphatic rings. The largest absolute Gasteiger partial charge is 0.489 e. The minimum Gasteiger partial charge on any atom is -0.489 e. The van der Waals surface area contributed by atoms with E-state index in [-0.39, 0.29) is 30.1 Å². The van der Waals surface area contributed by atoms with Crippen LogP contribution in [-0.4, -0.2) is 53.5 Å². The highest BCUT2D eigenvalue weighted by atomic mass is 19.4. The Balaban J connectivity index is 1.44. The number of ether oxygens (including phenoxy) is 1. The maximum atomic E-state index is 13.0. The fraction of sp³-hybridized carbons (Fsp3) is 0.500. The van der Waals surface area contributed by atoms with E-state index < -0.39 is 11.7 Å². The Morgan fingerprint density at radius 2 is 1.74 bits per heavy atom. The number of amides is 1. The van der Waals surface area contributed by atoms with Gasteiger partial charge in [0.15, 0.2) is 0 Å². The Morgan fingerprint density at radius 1 is 1.06 bits per heavy atom. The molecule has 184 valence electrons. The second kappa shape index (κ2) is 9.23. The van der Waals surface area contributed by atoms with Crippen LogP contribution in [0.25, 0.3) is 0 Å². The maximum absolute atomic E-state index is 13.0. The molecule has 2 fully saturated rings. The molecule has 34 heavy (non-hydrogen) atoms. The van der Waals surface area contributed by atoms with Crippen LogP contribution in [0, 0.1) is 13.8 Å². The maximum Gasteiger partial charge on any atom is 0.416 e. The van der Waals surface area contributed by atoms with E-state index in [4.69, 9.17) is 10.5 Å². The van der Waals surface area contributed by atoms with Gasteiger partial charge in [-0.2, -0.15) is 13.2 Å². The van der Waals surface area contributed by atoms with Gasteiger partial charge in [-0.3, -0.25) is 9.69 Å². The number of fused-ring (bicyclic) bond motifs is 2. The molecule has 4 atom stereocenters. The number of carbonyl (C=O) groups is 1. The number of likely N-dealkylation sites (tertiary alicyclic amines) is 2. The minimum absolute atomic E-state index is 0.0520. The number of piperazine rings is 1. The normalized spacial score (nSPS) is 22.2. The first kappa shape index (κ1) is 24.5. The van der Waals surface area contributed by atoms with E-state index in [0.717, 1.165) is 36.4 Å². The molecule has 2 saturated heterocycles. The average Bonchev–Trinajstić information content (AvgIpc) is 3.42. The number of hydrogen-bond donors (Lipinski definition) is 1. The Bertz CT molecular complexity index is 1050. The van der Waals surface area contributed by atoms with Crippen LogP contribution in [0.5, 0.6) is 5.75 Å². The summed E-state index contributed by atoms with van der Waals surface area (Å²) in [5.41, 5.74) is 8.78. The lowest BCUT2D eigenvalue weighted by molar-refractivity contribution is -0.137. The second-order valence-corrected chi connectivity index (χ2v) is 9.52. The number of carbonyl (C=O) groups excluding carboxylic acids is 1. The van der Waals surface area contributed by atoms with E-state index in [0.29, 0.717) is 18.7 Å². The van der Waals surface area contributed by atoms with Crippen molar-refractivity contribution in [3.05, 3.63) is 64.2 Å². The van der Waals surface area contributed by atoms with Gasteiger partial charge < -0.3 is 15.4 Å². The molecule has 0 aliphatic carbocycles. The average molecular weight is 476 g/mol. The lowest BCUT2D eigenvalue weighted by atomic mass is 9.96. The third kappa shape index (κ3) is 4.53. The van der Waals surface area contributed by atoms with Gasteiger partial charge in [0.1, 0.15) is 11.9 Å². The van der Waals surface area contributed by atoms with Crippen LogP contribution in [-0.2, 0) is 6.18 Å². The third-order valence-electron chi connectivity index (χ3n) is 7.39. The van der Waals surface area contributed by atoms with Gasteiger partial charge in [0.25, 0.3) is 5.91 Å². The van der Waals surface area contributed by atoms with Crippen LogP contribution >= 0.6 is 0 Å². The molecule has 3 unspecified atom stereocenters. The van der Waals surface area contributed by atoms with Gasteiger partial charge in [0.05, 0.1) is 5.56 Å². The molecule has 2 bridgehead atoms. The molecule has 2 heterocycles. The number of nitrogens with two attached hydrogens (primary N) is 1. The topological polar surface area (TPSA) is 58.8 Å². The number of halogens is 3. The first-order chi connectivity index (χ1) is 16.0. The molecule has 0 aromatic heterocycles. The Morgan fingerprint density at radius 3 is 2.29 bits per heavy atom. The monoisotopic (exact) mass is 475 g/mol. The summed E-state index contributed by atoms with van der Waals surface area (Å²) < 4.78 is 44.5. The molecule has 2 N–H and O–H groups in total. The van der Waals surface area contributed by atoms with Crippen molar-refractivity contribution in [2.45, 2.75) is 64.5 Å². The van der Waals surface area contributed by atoms with E-state index in [9.17, 15) is 18.0 Å². The fourth-order valence-electron chi connectivity index (χ4n) is 5.23. The van der Waals surface area contributed by atoms with E-state index >= 15 is 0 Å². The predicted octanol–water partition coefficient (Wildman–Crippen LogP) is 4.71. The smallest absolute Gasteiger partial charge is 0.416 e. The predicted molar refractivity (Wildman–Crippen MR) is 125 cm³/mol. The highest BCUT2D eigenvalue weighted by molar-refractivity contribution is 5.94. The lowest BCUT2D eigenvalue weighted by Gasteiger charge is -2.38. The zero-order valence-corrected chi connectivity index (χ0v) is 20.0. The number of benzene rings is 2. The molecule has 8 heteroatoms. The van der Waals surface area contributed by atoms with Gasteiger partial charge in [0.2, 0.25) is 0 Å². The molecule has 0 radical (unpaired) electrons. The zero-order valence-electron chi connectivity index (χ0n) is 20.0. The van der Waals surface area contributed by atoms with Gasteiger partial charge >= 0.3 is 6.18 Å². The first-order valence-corrected chi connectivity index (χ1v) is 11.7. The molecular formula is C26H32F3N3O2. The van der Waals surface area contributed by atoms with Crippen LogP contribution < -0.4 is 10.5 Å². The zero-order chi connectivity index (χ0) is 24.8. The van der Waals surface area contributed by atoms with Crippen LogP contribution in [0.2, 0.25) is 0 Å². The van der Waals surface area contributed by atoms with E-state index in [1.807, 2.05) is 17.9 Å². The molecule has 2 aromatic rings. The molecule has 4 rings (SSSR count). The van der Waals surface area contributed by atoms with Gasteiger partial charge in [-0.05, 0) is 81.1 Å². The Kier molecular flexibility index (Phi) is 6.66. The van der Waals surface area contributed by atoms with Gasteiger partial charge in [0, 0.05) is 43.3 Å². The fourth-order valence-corrected chi connectivity index (χ4v) is 5.23. The summed E-state index contributed by atoms with van der Waals surface area (Å²) in [6.07, 6.45) is -3.58. The SMILES string of the molecule is Cc1c(OC(C)CN)ccc([C@H](C)N2CC3CC2CN3C(=O)c2ccc(C(F)(F)F)cc2)c1C. The highest BCUT2D eigenvalue weighted by Crippen LogP contribution is 2.40. The number of hydrogen-bond acceptors (Lipinski definition) is 4. The van der Waals surface area contributed by atoms with Crippen molar-refractivity contribution < 1.29 is 22.7 Å². The first-order valence-electron chi connectivity index (χ1n) is 11.7. The molecule has 0 saturated carbocycles. The van der Waals surface area contributed by atoms with Crippen LogP contribution in [0.1, 0.15) is 58.9 Å². The number of rotatable bonds is 6. The summed E-state index contributed by atoms with van der Waals surface area (Å²) in [6.45, 7) is 10.1. The molecule has 2 aromatic carbocycles. The molecule has 0 spiro atoms. The molecule has 1 amide bonds. The molecule has 2 aliphatic heterocycles. The van der Waals surface area contributed by atoms with Crippen molar-refractivity contribution in [1.82, 2.24) is 9.80 Å². The second-order valence-electron chi connectivity index (χ2n) is 9.52. The van der Waals surface area contributed by atoms with Crippen LogP contribution in [0.3, 0.4) is 0 Å². The summed E-state index contributed by atoms with van der Waals surface area (Å²) in [7, 11) is 0. The summed E-state index contributed by atoms with van der Waals surface area (Å²) in [4.78, 5) is 17.3. The number of nitrogens with zero attached hydrogens (tertiary/aromatic N) is 2. The van der Waals surface area contributed by atoms with Crippen molar-refractivity contribution in [3.63, 3.8) is 0 Å². The Hall–Kier alpha value is -2.58. The lowest BCUT2D eigenvalue weighted by Crippen LogP contribution is -2.49. The van der Waals surface area contributed by atoms with Crippen LogP contribution in [0.4, 0.5) is 13.2 Å². The highest BCUT2D eigenvalue weighted by Gasteiger charge is 2.47. The van der Waals surface area contributed by atoms with E-state index in [1.54, 1.807) is 0 Å². The van der Waals surface area contributed by atoms with Crippen LogP contribution in [0.15, 0.2) is 36.4 Å². The summed E-state index contributed by atoms with van der Waals surface area (Å²) >= 11 is 0. The molecular weight excluding hydrogens is 443 g/mol. The van der Waals surface area contributed by atoms with Crippen molar-refractivity contribution in [1.29, 1.82) is 0 Å². The molecule has 5 nitrogen and oxygen atoms in total. The van der Waals surface area contributed by atoms with Gasteiger partial charge in [-0.15, -0.1) is 0 Å². The van der Waals surface area contributed by atoms with Gasteiger partial charge in [-0.25, -0.2) is 0 Å². The van der Waals surface area contributed by atoms with Crippen molar-refractivity contribution in [3.8, 4) is 5.75 Å². The minimum atomic E-state index is -4.41. The summed E-state index contributed by atoms with van der Waals surface area (Å²) in [5, 5.41) is 0. The van der Waals surface area contributed by atoms with Crippen molar-refractivity contribution in [2.75, 3.05) is 19.6 Å². The summed E-state index contributed by atoms with van der Waals surface area (Å²) in [5.74, 6) is 0.652. The van der Waals surface area contributed by atoms with Crippen molar-refractivity contribution >= 4 is 5.91 Å². The summed E-state index contributed by atoms with van der Waals surface area (Å²) in [6, 6.07) is 9.10. The quantitative estimate of drug-likeness (QED) is 0.658. The van der Waals surface area contributed by atoms with E-state index in [1.165, 1.54) is 23.3 Å². The van der Waals surface area contributed by atoms with Crippen molar-refractivity contribution in [2.24, 2.45) is 5.73 Å². The number of alkyl halides is 3. The standard InChI is InChI=1S/C26H32F3N3O2/c1-15(12-30)34-24-10-9-23(16(2)17(24)3)18(4)31-13-22-11-21(31)14-32(22)25(33)19-5-7-20(8-6-19)26(27,28)29/h5-10,15,18,21-22H,11-14,30H2,1-4H3/t15?,18-,21?,22?/m0/s1.